The molecule has 0 fully saturated rings. The molecule has 0 aromatic carbocycles. The molecule has 0 aliphatic heterocycles. The standard InChI is InChI=1S/C16H33NO2S/c1-15(14-16(18)19-2)17-12-10-8-6-4-3-5-7-9-11-13-20/h15,17,20H,3-14H2,1-2H3. The van der Waals surface area contributed by atoms with Crippen LogP contribution >= 0.6 is 12.6 Å². The van der Waals surface area contributed by atoms with Crippen molar-refractivity contribution in [1.29, 1.82) is 0 Å². The monoisotopic (exact) mass is 303 g/mol. The van der Waals surface area contributed by atoms with E-state index in [9.17, 15) is 4.79 Å². The van der Waals surface area contributed by atoms with Crippen LogP contribution in [0.25, 0.3) is 0 Å². The highest BCUT2D eigenvalue weighted by Gasteiger charge is 2.07. The van der Waals surface area contributed by atoms with Gasteiger partial charge in [0.1, 0.15) is 0 Å². The molecule has 20 heavy (non-hydrogen) atoms. The van der Waals surface area contributed by atoms with Gasteiger partial charge in [0.25, 0.3) is 0 Å². The molecule has 0 saturated carbocycles. The van der Waals surface area contributed by atoms with Crippen LogP contribution < -0.4 is 5.32 Å². The van der Waals surface area contributed by atoms with Crippen LogP contribution in [0, 0.1) is 0 Å². The van der Waals surface area contributed by atoms with E-state index in [1.807, 2.05) is 6.92 Å². The molecule has 1 N–H and O–H groups in total. The molecule has 0 amide bonds. The number of hydrogen-bond acceptors (Lipinski definition) is 4. The fraction of sp³-hybridized carbons (Fsp3) is 0.938. The minimum Gasteiger partial charge on any atom is -0.469 e. The molecular formula is C16H33NO2S. The van der Waals surface area contributed by atoms with Crippen LogP contribution in [0.5, 0.6) is 0 Å². The fourth-order valence-electron chi connectivity index (χ4n) is 2.23. The Morgan fingerprint density at radius 1 is 1.00 bits per heavy atom. The van der Waals surface area contributed by atoms with Crippen LogP contribution in [-0.2, 0) is 9.53 Å². The summed E-state index contributed by atoms with van der Waals surface area (Å²) >= 11 is 4.22. The Balaban J connectivity index is 3.14. The number of nitrogens with one attached hydrogen (secondary N) is 1. The highest BCUT2D eigenvalue weighted by atomic mass is 32.1. The van der Waals surface area contributed by atoms with E-state index in [0.717, 1.165) is 12.3 Å². The SMILES string of the molecule is COC(=O)CC(C)NCCCCCCCCCCCS. The zero-order valence-electron chi connectivity index (χ0n) is 13.3. The molecule has 1 atom stereocenters. The molecule has 0 aliphatic carbocycles. The van der Waals surface area contributed by atoms with Crippen molar-refractivity contribution >= 4 is 18.6 Å². The molecule has 0 bridgehead atoms. The summed E-state index contributed by atoms with van der Waals surface area (Å²) < 4.78 is 4.64. The van der Waals surface area contributed by atoms with Gasteiger partial charge in [-0.3, -0.25) is 4.79 Å². The first-order valence-corrected chi connectivity index (χ1v) is 8.75. The summed E-state index contributed by atoms with van der Waals surface area (Å²) in [5, 5.41) is 3.37. The molecule has 0 aromatic rings. The van der Waals surface area contributed by atoms with Crippen LogP contribution in [-0.4, -0.2) is 31.4 Å². The minimum absolute atomic E-state index is 0.136. The predicted octanol–water partition coefficient (Wildman–Crippen LogP) is 3.97. The summed E-state index contributed by atoms with van der Waals surface area (Å²) in [6.07, 6.45) is 12.4. The van der Waals surface area contributed by atoms with Gasteiger partial charge in [-0.15, -0.1) is 0 Å². The van der Waals surface area contributed by atoms with Gasteiger partial charge in [0.2, 0.25) is 0 Å². The molecule has 1 unspecified atom stereocenters. The third-order valence-electron chi connectivity index (χ3n) is 3.53. The number of ether oxygens (including phenoxy) is 1. The Morgan fingerprint density at radius 3 is 2.00 bits per heavy atom. The molecule has 3 nitrogen and oxygen atoms in total. The van der Waals surface area contributed by atoms with Gasteiger partial charge in [0.05, 0.1) is 13.5 Å². The van der Waals surface area contributed by atoms with Crippen LogP contribution in [0.2, 0.25) is 0 Å². The molecule has 0 aliphatic rings. The number of esters is 1. The van der Waals surface area contributed by atoms with E-state index in [1.54, 1.807) is 0 Å². The molecule has 0 aromatic heterocycles. The van der Waals surface area contributed by atoms with Crippen LogP contribution in [0.4, 0.5) is 0 Å². The highest BCUT2D eigenvalue weighted by molar-refractivity contribution is 7.80. The number of thiol groups is 1. The Morgan fingerprint density at radius 2 is 1.50 bits per heavy atom. The van der Waals surface area contributed by atoms with Gasteiger partial charge < -0.3 is 10.1 Å². The number of carbonyl (C=O) groups is 1. The lowest BCUT2D eigenvalue weighted by Crippen LogP contribution is -2.29. The van der Waals surface area contributed by atoms with Crippen LogP contribution in [0.15, 0.2) is 0 Å². The van der Waals surface area contributed by atoms with E-state index in [-0.39, 0.29) is 12.0 Å². The highest BCUT2D eigenvalue weighted by Crippen LogP contribution is 2.09. The van der Waals surface area contributed by atoms with Gasteiger partial charge in [0, 0.05) is 6.04 Å². The maximum Gasteiger partial charge on any atom is 0.307 e. The second-order valence-corrected chi connectivity index (χ2v) is 5.99. The van der Waals surface area contributed by atoms with Gasteiger partial charge in [-0.05, 0) is 32.1 Å². The molecule has 0 spiro atoms. The third-order valence-corrected chi connectivity index (χ3v) is 3.84. The van der Waals surface area contributed by atoms with E-state index >= 15 is 0 Å². The first-order valence-electron chi connectivity index (χ1n) is 8.11. The second-order valence-electron chi connectivity index (χ2n) is 5.54. The zero-order valence-corrected chi connectivity index (χ0v) is 14.2. The van der Waals surface area contributed by atoms with Crippen molar-refractivity contribution in [3.05, 3.63) is 0 Å². The fourth-order valence-corrected chi connectivity index (χ4v) is 2.45. The lowest BCUT2D eigenvalue weighted by molar-refractivity contribution is -0.141. The van der Waals surface area contributed by atoms with E-state index in [4.69, 9.17) is 0 Å². The zero-order chi connectivity index (χ0) is 15.1. The second kappa shape index (κ2) is 15.2. The maximum absolute atomic E-state index is 11.1. The Hall–Kier alpha value is -0.220. The molecule has 4 heteroatoms. The minimum atomic E-state index is -0.136. The van der Waals surface area contributed by atoms with Gasteiger partial charge in [-0.1, -0.05) is 44.9 Å². The molecule has 0 heterocycles. The van der Waals surface area contributed by atoms with Crippen molar-refractivity contribution in [3.8, 4) is 0 Å². The quantitative estimate of drug-likeness (QED) is 0.290. The molecule has 0 rings (SSSR count). The van der Waals surface area contributed by atoms with E-state index in [2.05, 4.69) is 22.7 Å². The average molecular weight is 304 g/mol. The van der Waals surface area contributed by atoms with Gasteiger partial charge >= 0.3 is 5.97 Å². The number of methoxy groups -OCH3 is 1. The molecule has 120 valence electrons. The van der Waals surface area contributed by atoms with E-state index < -0.39 is 0 Å². The first-order chi connectivity index (χ1) is 9.70. The summed E-state index contributed by atoms with van der Waals surface area (Å²) in [6, 6.07) is 0.217. The summed E-state index contributed by atoms with van der Waals surface area (Å²) in [5.41, 5.74) is 0. The van der Waals surface area contributed by atoms with Crippen LogP contribution in [0.1, 0.15) is 71.1 Å². The largest absolute Gasteiger partial charge is 0.469 e. The van der Waals surface area contributed by atoms with Crippen molar-refractivity contribution in [2.75, 3.05) is 19.4 Å². The third kappa shape index (κ3) is 14.2. The van der Waals surface area contributed by atoms with Crippen molar-refractivity contribution < 1.29 is 9.53 Å². The average Bonchev–Trinajstić information content (AvgIpc) is 2.44. The van der Waals surface area contributed by atoms with Crippen molar-refractivity contribution in [1.82, 2.24) is 5.32 Å². The van der Waals surface area contributed by atoms with Gasteiger partial charge in [-0.25, -0.2) is 0 Å². The normalized spacial score (nSPS) is 12.3. The van der Waals surface area contributed by atoms with Crippen LogP contribution in [0.3, 0.4) is 0 Å². The van der Waals surface area contributed by atoms with E-state index in [0.29, 0.717) is 6.42 Å². The molecule has 0 saturated heterocycles. The number of hydrogen-bond donors (Lipinski definition) is 2. The smallest absolute Gasteiger partial charge is 0.307 e. The summed E-state index contributed by atoms with van der Waals surface area (Å²) in [6.45, 7) is 3.03. The number of unbranched alkanes of at least 4 members (excludes halogenated alkanes) is 8. The molecule has 0 radical (unpaired) electrons. The Kier molecular flexibility index (Phi) is 15.0. The molecular weight excluding hydrogens is 270 g/mol. The Bertz CT molecular complexity index is 225. The first kappa shape index (κ1) is 19.8. The van der Waals surface area contributed by atoms with Crippen molar-refractivity contribution in [2.45, 2.75) is 77.2 Å². The van der Waals surface area contributed by atoms with E-state index in [1.165, 1.54) is 64.9 Å². The number of carbonyl (C=O) groups excluding carboxylic acids is 1. The summed E-state index contributed by atoms with van der Waals surface area (Å²) in [7, 11) is 1.44. The van der Waals surface area contributed by atoms with Crippen molar-refractivity contribution in [2.24, 2.45) is 0 Å². The summed E-state index contributed by atoms with van der Waals surface area (Å²) in [4.78, 5) is 11.1. The summed E-state index contributed by atoms with van der Waals surface area (Å²) in [5.74, 6) is 0.893. The Labute approximate surface area is 130 Å². The lowest BCUT2D eigenvalue weighted by atomic mass is 10.1. The van der Waals surface area contributed by atoms with Gasteiger partial charge in [0.15, 0.2) is 0 Å². The number of rotatable bonds is 14. The van der Waals surface area contributed by atoms with Crippen molar-refractivity contribution in [3.63, 3.8) is 0 Å². The topological polar surface area (TPSA) is 38.3 Å². The maximum atomic E-state index is 11.1. The lowest BCUT2D eigenvalue weighted by Gasteiger charge is -2.12. The predicted molar refractivity (Wildman–Crippen MR) is 89.5 cm³/mol. The van der Waals surface area contributed by atoms with Gasteiger partial charge in [-0.2, -0.15) is 12.6 Å².